The third-order valence-corrected chi connectivity index (χ3v) is 4.79. The summed E-state index contributed by atoms with van der Waals surface area (Å²) in [5.74, 6) is 2.31. The molecular formula is C19H25N9. The molecule has 0 saturated carbocycles. The van der Waals surface area contributed by atoms with E-state index in [1.54, 1.807) is 24.8 Å². The van der Waals surface area contributed by atoms with Gasteiger partial charge in [-0.1, -0.05) is 0 Å². The zero-order chi connectivity index (χ0) is 19.3. The first-order valence-corrected chi connectivity index (χ1v) is 9.53. The lowest BCUT2D eigenvalue weighted by molar-refractivity contribution is 0.266. The second-order valence-electron chi connectivity index (χ2n) is 6.91. The topological polar surface area (TPSA) is 87.9 Å². The first-order valence-electron chi connectivity index (χ1n) is 9.53. The summed E-state index contributed by atoms with van der Waals surface area (Å²) in [5.41, 5.74) is 2.02. The third-order valence-electron chi connectivity index (χ3n) is 4.79. The molecule has 0 aliphatic carbocycles. The van der Waals surface area contributed by atoms with Gasteiger partial charge in [0, 0.05) is 57.4 Å². The van der Waals surface area contributed by atoms with E-state index in [0.717, 1.165) is 68.2 Å². The van der Waals surface area contributed by atoms with Crippen LogP contribution in [0.3, 0.4) is 0 Å². The Bertz CT molecular complexity index is 901. The smallest absolute Gasteiger partial charge is 0.225 e. The molecule has 9 nitrogen and oxygen atoms in total. The highest BCUT2D eigenvalue weighted by molar-refractivity contribution is 5.36. The molecule has 1 fully saturated rings. The fourth-order valence-electron chi connectivity index (χ4n) is 3.37. The summed E-state index contributed by atoms with van der Waals surface area (Å²) in [4.78, 5) is 22.3. The Balaban J connectivity index is 1.27. The highest BCUT2D eigenvalue weighted by Crippen LogP contribution is 2.12. The van der Waals surface area contributed by atoms with Gasteiger partial charge in [0.15, 0.2) is 5.82 Å². The van der Waals surface area contributed by atoms with Gasteiger partial charge in [-0.2, -0.15) is 5.10 Å². The van der Waals surface area contributed by atoms with Crippen molar-refractivity contribution >= 4 is 11.8 Å². The van der Waals surface area contributed by atoms with Crippen molar-refractivity contribution < 1.29 is 0 Å². The fraction of sp³-hybridized carbons (Fsp3) is 0.421. The second kappa shape index (κ2) is 8.30. The van der Waals surface area contributed by atoms with Crippen molar-refractivity contribution in [2.24, 2.45) is 0 Å². The summed E-state index contributed by atoms with van der Waals surface area (Å²) in [6.45, 7) is 9.64. The zero-order valence-electron chi connectivity index (χ0n) is 16.3. The summed E-state index contributed by atoms with van der Waals surface area (Å²) in [7, 11) is 0. The highest BCUT2D eigenvalue weighted by Gasteiger charge is 2.18. The molecule has 1 aliphatic heterocycles. The molecule has 4 rings (SSSR count). The van der Waals surface area contributed by atoms with Crippen LogP contribution in [-0.2, 0) is 0 Å². The third kappa shape index (κ3) is 4.25. The van der Waals surface area contributed by atoms with E-state index < -0.39 is 0 Å². The van der Waals surface area contributed by atoms with Gasteiger partial charge in [-0.15, -0.1) is 0 Å². The first-order chi connectivity index (χ1) is 13.7. The monoisotopic (exact) mass is 379 g/mol. The van der Waals surface area contributed by atoms with Gasteiger partial charge in [0.05, 0.1) is 18.1 Å². The predicted octanol–water partition coefficient (Wildman–Crippen LogP) is 1.30. The summed E-state index contributed by atoms with van der Waals surface area (Å²) in [6.07, 6.45) is 7.06. The van der Waals surface area contributed by atoms with Crippen molar-refractivity contribution in [2.45, 2.75) is 13.8 Å². The van der Waals surface area contributed by atoms with Crippen LogP contribution < -0.4 is 10.2 Å². The molecule has 3 aromatic heterocycles. The Hall–Kier alpha value is -3.07. The number of rotatable bonds is 6. The SMILES string of the molecule is Cc1cc(C)n(-c2cncc(NCCN3CCN(c4ncccn4)CC3)n2)n1. The van der Waals surface area contributed by atoms with Crippen LogP contribution in [0.4, 0.5) is 11.8 Å². The fourth-order valence-corrected chi connectivity index (χ4v) is 3.37. The average Bonchev–Trinajstić information content (AvgIpc) is 3.07. The van der Waals surface area contributed by atoms with Crippen molar-refractivity contribution in [3.05, 3.63) is 48.3 Å². The maximum Gasteiger partial charge on any atom is 0.225 e. The first kappa shape index (κ1) is 18.3. The minimum Gasteiger partial charge on any atom is -0.367 e. The minimum atomic E-state index is 0.729. The highest BCUT2D eigenvalue weighted by atomic mass is 15.3. The van der Waals surface area contributed by atoms with Crippen molar-refractivity contribution in [1.82, 2.24) is 34.6 Å². The predicted molar refractivity (Wildman–Crippen MR) is 108 cm³/mol. The summed E-state index contributed by atoms with van der Waals surface area (Å²) in [6, 6.07) is 3.88. The number of anilines is 2. The summed E-state index contributed by atoms with van der Waals surface area (Å²) >= 11 is 0. The summed E-state index contributed by atoms with van der Waals surface area (Å²) in [5, 5.41) is 7.85. The van der Waals surface area contributed by atoms with Crippen LogP contribution in [0.1, 0.15) is 11.4 Å². The van der Waals surface area contributed by atoms with Gasteiger partial charge in [0.1, 0.15) is 5.82 Å². The Morgan fingerprint density at radius 2 is 1.82 bits per heavy atom. The van der Waals surface area contributed by atoms with Gasteiger partial charge < -0.3 is 10.2 Å². The number of hydrogen-bond acceptors (Lipinski definition) is 8. The van der Waals surface area contributed by atoms with Crippen molar-refractivity contribution in [2.75, 3.05) is 49.5 Å². The zero-order valence-corrected chi connectivity index (χ0v) is 16.3. The lowest BCUT2D eigenvalue weighted by Gasteiger charge is -2.34. The van der Waals surface area contributed by atoms with Crippen LogP contribution in [0, 0.1) is 13.8 Å². The Labute approximate surface area is 164 Å². The van der Waals surface area contributed by atoms with Gasteiger partial charge in [-0.3, -0.25) is 9.88 Å². The maximum absolute atomic E-state index is 4.64. The molecule has 4 heterocycles. The average molecular weight is 379 g/mol. The van der Waals surface area contributed by atoms with Crippen LogP contribution in [0.5, 0.6) is 0 Å². The largest absolute Gasteiger partial charge is 0.367 e. The van der Waals surface area contributed by atoms with Gasteiger partial charge >= 0.3 is 0 Å². The molecule has 0 unspecified atom stereocenters. The molecule has 0 spiro atoms. The molecule has 28 heavy (non-hydrogen) atoms. The lowest BCUT2D eigenvalue weighted by Crippen LogP contribution is -2.48. The van der Waals surface area contributed by atoms with Gasteiger partial charge in [0.2, 0.25) is 5.95 Å². The maximum atomic E-state index is 4.64. The van der Waals surface area contributed by atoms with E-state index in [4.69, 9.17) is 0 Å². The summed E-state index contributed by atoms with van der Waals surface area (Å²) < 4.78 is 1.82. The number of nitrogens with one attached hydrogen (secondary N) is 1. The van der Waals surface area contributed by atoms with Crippen molar-refractivity contribution in [3.8, 4) is 5.82 Å². The van der Waals surface area contributed by atoms with Gasteiger partial charge in [0.25, 0.3) is 0 Å². The normalized spacial score (nSPS) is 15.0. The number of aromatic nitrogens is 6. The molecule has 1 N–H and O–H groups in total. The molecule has 0 bridgehead atoms. The molecule has 1 saturated heterocycles. The minimum absolute atomic E-state index is 0.729. The van der Waals surface area contributed by atoms with E-state index in [0.29, 0.717) is 0 Å². The van der Waals surface area contributed by atoms with E-state index in [2.05, 4.69) is 40.2 Å². The number of nitrogens with zero attached hydrogens (tertiary/aromatic N) is 8. The quantitative estimate of drug-likeness (QED) is 0.686. The molecule has 0 aromatic carbocycles. The molecule has 146 valence electrons. The number of aryl methyl sites for hydroxylation is 2. The van der Waals surface area contributed by atoms with Crippen LogP contribution in [0.25, 0.3) is 5.82 Å². The molecular weight excluding hydrogens is 354 g/mol. The van der Waals surface area contributed by atoms with E-state index in [9.17, 15) is 0 Å². The van der Waals surface area contributed by atoms with Gasteiger partial charge in [-0.25, -0.2) is 19.6 Å². The Morgan fingerprint density at radius 1 is 1.04 bits per heavy atom. The van der Waals surface area contributed by atoms with E-state index in [-0.39, 0.29) is 0 Å². The van der Waals surface area contributed by atoms with Crippen LogP contribution in [0.15, 0.2) is 36.9 Å². The lowest BCUT2D eigenvalue weighted by atomic mass is 10.3. The molecule has 9 heteroatoms. The van der Waals surface area contributed by atoms with Crippen LogP contribution >= 0.6 is 0 Å². The Morgan fingerprint density at radius 3 is 2.54 bits per heavy atom. The van der Waals surface area contributed by atoms with E-state index in [1.807, 2.05) is 30.7 Å². The Kier molecular flexibility index (Phi) is 5.43. The molecule has 1 aliphatic rings. The van der Waals surface area contributed by atoms with Gasteiger partial charge in [-0.05, 0) is 26.0 Å². The number of hydrogen-bond donors (Lipinski definition) is 1. The molecule has 0 atom stereocenters. The van der Waals surface area contributed by atoms with Crippen LogP contribution in [-0.4, -0.2) is 73.9 Å². The molecule has 0 amide bonds. The molecule has 3 aromatic rings. The number of piperazine rings is 1. The van der Waals surface area contributed by atoms with Crippen molar-refractivity contribution in [3.63, 3.8) is 0 Å². The van der Waals surface area contributed by atoms with E-state index >= 15 is 0 Å². The second-order valence-corrected chi connectivity index (χ2v) is 6.91. The van der Waals surface area contributed by atoms with Crippen LogP contribution in [0.2, 0.25) is 0 Å². The van der Waals surface area contributed by atoms with Crippen molar-refractivity contribution in [1.29, 1.82) is 0 Å². The standard InChI is InChI=1S/C19H25N9/c1-15-12-16(2)28(25-15)18-14-20-13-17(24-18)21-6-7-26-8-10-27(11-9-26)19-22-4-3-5-23-19/h3-5,12-14H,6-11H2,1-2H3,(H,21,24). The van der Waals surface area contributed by atoms with E-state index in [1.165, 1.54) is 0 Å². The molecule has 0 radical (unpaired) electrons.